The zero-order chi connectivity index (χ0) is 15.2. The summed E-state index contributed by atoms with van der Waals surface area (Å²) >= 11 is 0. The van der Waals surface area contributed by atoms with Gasteiger partial charge in [-0.05, 0) is 18.1 Å². The molecule has 21 heavy (non-hydrogen) atoms. The molecule has 0 unspecified atom stereocenters. The third-order valence-electron chi connectivity index (χ3n) is 3.37. The summed E-state index contributed by atoms with van der Waals surface area (Å²) in [5.74, 6) is 0. The lowest BCUT2D eigenvalue weighted by Gasteiger charge is -2.22. The van der Waals surface area contributed by atoms with Crippen LogP contribution in [0.3, 0.4) is 0 Å². The van der Waals surface area contributed by atoms with Gasteiger partial charge in [-0.2, -0.15) is 5.10 Å². The van der Waals surface area contributed by atoms with Gasteiger partial charge in [0.05, 0.1) is 13.7 Å². The lowest BCUT2D eigenvalue weighted by molar-refractivity contribution is 0.368. The molecule has 7 heteroatoms. The normalized spacial score (nSPS) is 15.8. The van der Waals surface area contributed by atoms with Crippen LogP contribution in [0, 0.1) is 0 Å². The van der Waals surface area contributed by atoms with Gasteiger partial charge in [0.1, 0.15) is 6.34 Å². The molecular formula is C14H22N6O. The summed E-state index contributed by atoms with van der Waals surface area (Å²) < 4.78 is 6.75. The smallest absolute Gasteiger partial charge is 0.303 e. The van der Waals surface area contributed by atoms with Crippen LogP contribution in [0.15, 0.2) is 33.6 Å². The number of hydrogen-bond donors (Lipinski definition) is 1. The quantitative estimate of drug-likeness (QED) is 0.653. The van der Waals surface area contributed by atoms with Crippen LogP contribution >= 0.6 is 0 Å². The predicted octanol–water partition coefficient (Wildman–Crippen LogP) is 1.24. The van der Waals surface area contributed by atoms with E-state index >= 15 is 0 Å². The minimum Gasteiger partial charge on any atom is -0.468 e. The first-order valence-electron chi connectivity index (χ1n) is 7.00. The van der Waals surface area contributed by atoms with E-state index in [1.54, 1.807) is 17.5 Å². The van der Waals surface area contributed by atoms with Gasteiger partial charge in [0.15, 0.2) is 0 Å². The van der Waals surface area contributed by atoms with E-state index in [2.05, 4.69) is 22.1 Å². The topological polar surface area (TPSA) is 81.0 Å². The molecule has 0 aromatic carbocycles. The molecule has 2 heterocycles. The standard InChI is InChI=1S/C14H22N6O/c1-4-5-11-9-20(18-14(15)21-3)10-16-13(11)8-12-6-7-17-19(12)2/h6-7,10H,4-5,8-9H2,1-3H3,(H2,15,18). The van der Waals surface area contributed by atoms with Crippen molar-refractivity contribution in [1.82, 2.24) is 14.8 Å². The van der Waals surface area contributed by atoms with Crippen molar-refractivity contribution >= 4 is 12.4 Å². The van der Waals surface area contributed by atoms with E-state index in [4.69, 9.17) is 10.5 Å². The molecule has 1 aromatic rings. The summed E-state index contributed by atoms with van der Waals surface area (Å²) in [5, 5.41) is 10.0. The number of methoxy groups -OCH3 is 1. The van der Waals surface area contributed by atoms with Gasteiger partial charge in [0, 0.05) is 31.1 Å². The highest BCUT2D eigenvalue weighted by Gasteiger charge is 2.16. The van der Waals surface area contributed by atoms with Crippen molar-refractivity contribution in [2.45, 2.75) is 26.2 Å². The third-order valence-corrected chi connectivity index (χ3v) is 3.37. The van der Waals surface area contributed by atoms with E-state index in [0.717, 1.165) is 30.7 Å². The molecule has 1 aliphatic heterocycles. The highest BCUT2D eigenvalue weighted by atomic mass is 16.5. The monoisotopic (exact) mass is 290 g/mol. The molecule has 0 spiro atoms. The van der Waals surface area contributed by atoms with Gasteiger partial charge in [-0.15, -0.1) is 5.10 Å². The summed E-state index contributed by atoms with van der Waals surface area (Å²) in [6.07, 6.45) is 6.33. The third kappa shape index (κ3) is 3.84. The number of aromatic nitrogens is 2. The van der Waals surface area contributed by atoms with Crippen LogP contribution in [0.25, 0.3) is 0 Å². The molecular weight excluding hydrogens is 268 g/mol. The molecule has 2 N–H and O–H groups in total. The largest absolute Gasteiger partial charge is 0.468 e. The molecule has 0 aliphatic carbocycles. The zero-order valence-corrected chi connectivity index (χ0v) is 12.8. The second-order valence-electron chi connectivity index (χ2n) is 4.91. The van der Waals surface area contributed by atoms with Gasteiger partial charge >= 0.3 is 6.02 Å². The average molecular weight is 290 g/mol. The molecule has 0 bridgehead atoms. The Morgan fingerprint density at radius 3 is 2.95 bits per heavy atom. The van der Waals surface area contributed by atoms with Crippen molar-refractivity contribution in [1.29, 1.82) is 0 Å². The average Bonchev–Trinajstić information content (AvgIpc) is 2.87. The van der Waals surface area contributed by atoms with E-state index in [9.17, 15) is 0 Å². The lowest BCUT2D eigenvalue weighted by atomic mass is 10.0. The maximum atomic E-state index is 5.58. The van der Waals surface area contributed by atoms with Crippen molar-refractivity contribution in [3.63, 3.8) is 0 Å². The number of allylic oxidation sites excluding steroid dienone is 1. The first-order chi connectivity index (χ1) is 10.1. The van der Waals surface area contributed by atoms with E-state index in [1.165, 1.54) is 12.7 Å². The van der Waals surface area contributed by atoms with Gasteiger partial charge in [-0.3, -0.25) is 4.68 Å². The van der Waals surface area contributed by atoms with Crippen LogP contribution in [0.2, 0.25) is 0 Å². The first kappa shape index (κ1) is 15.1. The molecule has 114 valence electrons. The summed E-state index contributed by atoms with van der Waals surface area (Å²) in [6, 6.07) is 2.15. The summed E-state index contributed by atoms with van der Waals surface area (Å²) in [7, 11) is 3.44. The number of aliphatic imine (C=N–C) groups is 1. The molecule has 0 saturated carbocycles. The first-order valence-corrected chi connectivity index (χ1v) is 7.00. The summed E-state index contributed by atoms with van der Waals surface area (Å²) in [5.41, 5.74) is 9.08. The Kier molecular flexibility index (Phi) is 4.97. The molecule has 0 saturated heterocycles. The molecule has 0 amide bonds. The van der Waals surface area contributed by atoms with Gasteiger partial charge in [0.2, 0.25) is 0 Å². The fraction of sp³-hybridized carbons (Fsp3) is 0.500. The highest BCUT2D eigenvalue weighted by Crippen LogP contribution is 2.21. The number of nitrogens with two attached hydrogens (primary N) is 1. The lowest BCUT2D eigenvalue weighted by Crippen LogP contribution is -2.28. The fourth-order valence-corrected chi connectivity index (χ4v) is 2.23. The predicted molar refractivity (Wildman–Crippen MR) is 82.7 cm³/mol. The number of aryl methyl sites for hydroxylation is 1. The Morgan fingerprint density at radius 2 is 2.33 bits per heavy atom. The fourth-order valence-electron chi connectivity index (χ4n) is 2.23. The Hall–Kier alpha value is -2.31. The zero-order valence-electron chi connectivity index (χ0n) is 12.8. The van der Waals surface area contributed by atoms with Crippen molar-refractivity contribution in [3.8, 4) is 0 Å². The van der Waals surface area contributed by atoms with E-state index in [-0.39, 0.29) is 6.02 Å². The van der Waals surface area contributed by atoms with Gasteiger partial charge in [-0.25, -0.2) is 10.0 Å². The molecule has 7 nitrogen and oxygen atoms in total. The van der Waals surface area contributed by atoms with Crippen molar-refractivity contribution in [2.75, 3.05) is 13.7 Å². The van der Waals surface area contributed by atoms with Gasteiger partial charge in [0.25, 0.3) is 0 Å². The maximum absolute atomic E-state index is 5.58. The molecule has 2 rings (SSSR count). The highest BCUT2D eigenvalue weighted by molar-refractivity contribution is 5.73. The number of nitrogens with zero attached hydrogens (tertiary/aromatic N) is 5. The van der Waals surface area contributed by atoms with E-state index in [0.29, 0.717) is 6.54 Å². The van der Waals surface area contributed by atoms with Crippen molar-refractivity contribution < 1.29 is 4.74 Å². The number of hydrazone groups is 1. The van der Waals surface area contributed by atoms with Gasteiger partial charge in [-0.1, -0.05) is 13.3 Å². The maximum Gasteiger partial charge on any atom is 0.303 e. The number of amidine groups is 1. The number of rotatable bonds is 5. The SMILES string of the molecule is CCCC1=C(Cc2ccnn2C)N=CN(/N=C(\N)OC)C1. The van der Waals surface area contributed by atoms with Crippen LogP contribution in [0.5, 0.6) is 0 Å². The van der Waals surface area contributed by atoms with Crippen LogP contribution < -0.4 is 5.73 Å². The Morgan fingerprint density at radius 1 is 1.52 bits per heavy atom. The van der Waals surface area contributed by atoms with E-state index < -0.39 is 0 Å². The number of hydrogen-bond acceptors (Lipinski definition) is 5. The molecule has 1 aromatic heterocycles. The minimum absolute atomic E-state index is 0.132. The van der Waals surface area contributed by atoms with E-state index in [1.807, 2.05) is 17.8 Å². The van der Waals surface area contributed by atoms with Crippen molar-refractivity contribution in [2.24, 2.45) is 22.9 Å². The minimum atomic E-state index is 0.132. The molecule has 0 atom stereocenters. The van der Waals surface area contributed by atoms with Crippen LogP contribution in [0.1, 0.15) is 25.5 Å². The number of ether oxygens (including phenoxy) is 1. The Labute approximate surface area is 124 Å². The van der Waals surface area contributed by atoms with Crippen LogP contribution in [-0.4, -0.2) is 40.8 Å². The molecule has 1 aliphatic rings. The molecule has 0 radical (unpaired) electrons. The molecule has 0 fully saturated rings. The van der Waals surface area contributed by atoms with Crippen molar-refractivity contribution in [3.05, 3.63) is 29.2 Å². The van der Waals surface area contributed by atoms with Gasteiger partial charge < -0.3 is 10.5 Å². The second kappa shape index (κ2) is 6.92. The summed E-state index contributed by atoms with van der Waals surface area (Å²) in [6.45, 7) is 2.85. The second-order valence-corrected chi connectivity index (χ2v) is 4.91. The Bertz CT molecular complexity index is 572. The van der Waals surface area contributed by atoms with Crippen LogP contribution in [-0.2, 0) is 18.2 Å². The summed E-state index contributed by atoms with van der Waals surface area (Å²) in [4.78, 5) is 4.54. The Balaban J connectivity index is 2.16. The van der Waals surface area contributed by atoms with Crippen LogP contribution in [0.4, 0.5) is 0 Å².